The summed E-state index contributed by atoms with van der Waals surface area (Å²) in [5.74, 6) is -0.579. The Labute approximate surface area is 77.7 Å². The molecule has 1 aliphatic carbocycles. The maximum Gasteiger partial charge on any atom is 0.342 e. The van der Waals surface area contributed by atoms with Crippen LogP contribution in [0.2, 0.25) is 0 Å². The molecule has 1 aliphatic rings. The number of ether oxygens (including phenoxy) is 1. The number of hydrogen-bond donors (Lipinski definition) is 1. The van der Waals surface area contributed by atoms with Gasteiger partial charge in [0.15, 0.2) is 5.60 Å². The molecule has 13 heavy (non-hydrogen) atoms. The van der Waals surface area contributed by atoms with E-state index in [0.717, 1.165) is 0 Å². The highest BCUT2D eigenvalue weighted by Crippen LogP contribution is 2.25. The number of rotatable bonds is 3. The Bertz CT molecular complexity index is 261. The normalized spacial score (nSPS) is 19.5. The molecule has 1 unspecified atom stereocenters. The molecule has 0 aromatic carbocycles. The van der Waals surface area contributed by atoms with Crippen molar-refractivity contribution < 1.29 is 14.6 Å². The molecule has 1 rings (SSSR count). The Hall–Kier alpha value is -1.09. The average molecular weight is 182 g/mol. The van der Waals surface area contributed by atoms with Crippen molar-refractivity contribution in [1.29, 1.82) is 0 Å². The SMILES string of the molecule is CCOC(=O)C(C)(O)C1=CC=CC1. The molecule has 0 radical (unpaired) electrons. The van der Waals surface area contributed by atoms with E-state index in [2.05, 4.69) is 0 Å². The van der Waals surface area contributed by atoms with Crippen molar-refractivity contribution in [3.8, 4) is 0 Å². The van der Waals surface area contributed by atoms with Crippen LogP contribution in [-0.2, 0) is 9.53 Å². The van der Waals surface area contributed by atoms with Gasteiger partial charge in [-0.05, 0) is 25.8 Å². The van der Waals surface area contributed by atoms with Gasteiger partial charge in [0.1, 0.15) is 0 Å². The van der Waals surface area contributed by atoms with Gasteiger partial charge in [-0.1, -0.05) is 18.2 Å². The predicted molar refractivity (Wildman–Crippen MR) is 49.1 cm³/mol. The van der Waals surface area contributed by atoms with Gasteiger partial charge in [-0.25, -0.2) is 4.79 Å². The van der Waals surface area contributed by atoms with Gasteiger partial charge in [0.2, 0.25) is 0 Å². The molecular weight excluding hydrogens is 168 g/mol. The van der Waals surface area contributed by atoms with Crippen LogP contribution in [0.3, 0.4) is 0 Å². The van der Waals surface area contributed by atoms with Crippen LogP contribution < -0.4 is 0 Å². The summed E-state index contributed by atoms with van der Waals surface area (Å²) in [4.78, 5) is 11.3. The van der Waals surface area contributed by atoms with Crippen molar-refractivity contribution in [2.24, 2.45) is 0 Å². The highest BCUT2D eigenvalue weighted by atomic mass is 16.5. The van der Waals surface area contributed by atoms with E-state index >= 15 is 0 Å². The number of carbonyl (C=O) groups excluding carboxylic acids is 1. The summed E-state index contributed by atoms with van der Waals surface area (Å²) >= 11 is 0. The topological polar surface area (TPSA) is 46.5 Å². The Morgan fingerprint density at radius 1 is 1.77 bits per heavy atom. The molecule has 0 aliphatic heterocycles. The highest BCUT2D eigenvalue weighted by Gasteiger charge is 2.35. The fourth-order valence-electron chi connectivity index (χ4n) is 1.21. The summed E-state index contributed by atoms with van der Waals surface area (Å²) in [6.07, 6.45) is 6.08. The van der Waals surface area contributed by atoms with Crippen molar-refractivity contribution in [1.82, 2.24) is 0 Å². The van der Waals surface area contributed by atoms with Gasteiger partial charge in [-0.3, -0.25) is 0 Å². The van der Waals surface area contributed by atoms with Crippen LogP contribution in [0.1, 0.15) is 20.3 Å². The number of allylic oxidation sites excluding steroid dienone is 3. The maximum absolute atomic E-state index is 11.3. The quantitative estimate of drug-likeness (QED) is 0.667. The van der Waals surface area contributed by atoms with Crippen LogP contribution in [0.15, 0.2) is 23.8 Å². The lowest BCUT2D eigenvalue weighted by Crippen LogP contribution is -2.38. The average Bonchev–Trinajstić information content (AvgIpc) is 2.56. The van der Waals surface area contributed by atoms with Crippen molar-refractivity contribution in [2.45, 2.75) is 25.9 Å². The Morgan fingerprint density at radius 2 is 2.46 bits per heavy atom. The van der Waals surface area contributed by atoms with Gasteiger partial charge in [-0.2, -0.15) is 0 Å². The lowest BCUT2D eigenvalue weighted by molar-refractivity contribution is -0.159. The van der Waals surface area contributed by atoms with Crippen molar-refractivity contribution >= 4 is 5.97 Å². The molecule has 1 N–H and O–H groups in total. The van der Waals surface area contributed by atoms with Crippen molar-refractivity contribution in [3.05, 3.63) is 23.8 Å². The fourth-order valence-corrected chi connectivity index (χ4v) is 1.21. The zero-order valence-corrected chi connectivity index (χ0v) is 7.91. The summed E-state index contributed by atoms with van der Waals surface area (Å²) in [6, 6.07) is 0. The fraction of sp³-hybridized carbons (Fsp3) is 0.500. The minimum atomic E-state index is -1.47. The van der Waals surface area contributed by atoms with Crippen LogP contribution in [-0.4, -0.2) is 23.3 Å². The van der Waals surface area contributed by atoms with Crippen molar-refractivity contribution in [2.75, 3.05) is 6.61 Å². The molecule has 0 fully saturated rings. The van der Waals surface area contributed by atoms with Gasteiger partial charge in [0.05, 0.1) is 6.61 Å². The summed E-state index contributed by atoms with van der Waals surface area (Å²) in [5.41, 5.74) is -0.787. The first-order valence-corrected chi connectivity index (χ1v) is 4.34. The third-order valence-electron chi connectivity index (χ3n) is 2.07. The second-order valence-electron chi connectivity index (χ2n) is 3.12. The molecule has 0 bridgehead atoms. The minimum Gasteiger partial charge on any atom is -0.464 e. The van der Waals surface area contributed by atoms with E-state index in [0.29, 0.717) is 12.0 Å². The predicted octanol–water partition coefficient (Wildman–Crippen LogP) is 1.19. The third-order valence-corrected chi connectivity index (χ3v) is 2.07. The Morgan fingerprint density at radius 3 is 2.92 bits per heavy atom. The second kappa shape index (κ2) is 3.75. The molecule has 0 saturated carbocycles. The van der Waals surface area contributed by atoms with E-state index in [1.807, 2.05) is 12.2 Å². The molecule has 0 spiro atoms. The minimum absolute atomic E-state index is 0.287. The largest absolute Gasteiger partial charge is 0.464 e. The van der Waals surface area contributed by atoms with Gasteiger partial charge in [0, 0.05) is 0 Å². The molecule has 3 heteroatoms. The van der Waals surface area contributed by atoms with E-state index < -0.39 is 11.6 Å². The highest BCUT2D eigenvalue weighted by molar-refractivity contribution is 5.83. The van der Waals surface area contributed by atoms with Crippen LogP contribution in [0.5, 0.6) is 0 Å². The lowest BCUT2D eigenvalue weighted by Gasteiger charge is -2.22. The van der Waals surface area contributed by atoms with Crippen LogP contribution in [0.25, 0.3) is 0 Å². The molecule has 0 amide bonds. The van der Waals surface area contributed by atoms with Gasteiger partial charge in [0.25, 0.3) is 0 Å². The van der Waals surface area contributed by atoms with E-state index in [9.17, 15) is 9.90 Å². The summed E-state index contributed by atoms with van der Waals surface area (Å²) in [7, 11) is 0. The number of aliphatic hydroxyl groups is 1. The molecule has 0 heterocycles. The van der Waals surface area contributed by atoms with Crippen molar-refractivity contribution in [3.63, 3.8) is 0 Å². The smallest absolute Gasteiger partial charge is 0.342 e. The van der Waals surface area contributed by atoms with E-state index in [4.69, 9.17) is 4.74 Å². The van der Waals surface area contributed by atoms with Gasteiger partial charge < -0.3 is 9.84 Å². The van der Waals surface area contributed by atoms with E-state index in [1.54, 1.807) is 13.0 Å². The first-order valence-electron chi connectivity index (χ1n) is 4.34. The zero-order chi connectivity index (χ0) is 9.90. The van der Waals surface area contributed by atoms with Crippen LogP contribution in [0, 0.1) is 0 Å². The number of carbonyl (C=O) groups is 1. The number of esters is 1. The molecule has 3 nitrogen and oxygen atoms in total. The molecule has 0 aromatic rings. The standard InChI is InChI=1S/C10H14O3/c1-3-13-9(11)10(2,12)8-6-4-5-7-8/h4-6,12H,3,7H2,1-2H3. The summed E-state index contributed by atoms with van der Waals surface area (Å²) in [5, 5.41) is 9.83. The molecule has 72 valence electrons. The first-order chi connectivity index (χ1) is 6.09. The number of hydrogen-bond acceptors (Lipinski definition) is 3. The summed E-state index contributed by atoms with van der Waals surface area (Å²) < 4.78 is 4.76. The van der Waals surface area contributed by atoms with Gasteiger partial charge >= 0.3 is 5.97 Å². The monoisotopic (exact) mass is 182 g/mol. The van der Waals surface area contributed by atoms with Crippen LogP contribution in [0.4, 0.5) is 0 Å². The Balaban J connectivity index is 2.70. The van der Waals surface area contributed by atoms with Gasteiger partial charge in [-0.15, -0.1) is 0 Å². The molecular formula is C10H14O3. The second-order valence-corrected chi connectivity index (χ2v) is 3.12. The summed E-state index contributed by atoms with van der Waals surface area (Å²) in [6.45, 7) is 3.47. The lowest BCUT2D eigenvalue weighted by atomic mass is 9.95. The third kappa shape index (κ3) is 1.98. The first kappa shape index (κ1) is 9.99. The van der Waals surface area contributed by atoms with Crippen LogP contribution >= 0.6 is 0 Å². The van der Waals surface area contributed by atoms with E-state index in [1.165, 1.54) is 6.92 Å². The molecule has 1 atom stereocenters. The maximum atomic E-state index is 11.3. The molecule has 0 saturated heterocycles. The molecule has 0 aromatic heterocycles. The zero-order valence-electron chi connectivity index (χ0n) is 7.91. The van der Waals surface area contributed by atoms with E-state index in [-0.39, 0.29) is 6.61 Å². The Kier molecular flexibility index (Phi) is 2.88.